The number of fused-ring (bicyclic) bond motifs is 1. The lowest BCUT2D eigenvalue weighted by molar-refractivity contribution is 0.403. The first-order chi connectivity index (χ1) is 8.20. The zero-order valence-corrected chi connectivity index (χ0v) is 10.2. The first-order valence-electron chi connectivity index (χ1n) is 6.05. The van der Waals surface area contributed by atoms with Gasteiger partial charge in [-0.2, -0.15) is 0 Å². The number of H-pyrrole nitrogens is 1. The average molecular weight is 227 g/mol. The summed E-state index contributed by atoms with van der Waals surface area (Å²) in [5.41, 5.74) is 4.78. The molecule has 0 amide bonds. The predicted octanol–water partition coefficient (Wildman–Crippen LogP) is 2.13. The molecule has 3 heteroatoms. The Labute approximate surface area is 101 Å². The minimum absolute atomic E-state index is 0.165. The molecule has 1 aliphatic rings. The summed E-state index contributed by atoms with van der Waals surface area (Å²) in [6.07, 6.45) is 2.82. The highest BCUT2D eigenvalue weighted by Crippen LogP contribution is 2.32. The van der Waals surface area contributed by atoms with Crippen LogP contribution >= 0.6 is 0 Å². The normalized spacial score (nSPS) is 23.4. The lowest BCUT2D eigenvalue weighted by Crippen LogP contribution is -2.46. The average Bonchev–Trinajstić information content (AvgIpc) is 2.80. The summed E-state index contributed by atoms with van der Waals surface area (Å²) in [6.45, 7) is 5.30. The molecule has 17 heavy (non-hydrogen) atoms. The predicted molar refractivity (Wildman–Crippen MR) is 67.9 cm³/mol. The van der Waals surface area contributed by atoms with Crippen LogP contribution in [0.2, 0.25) is 0 Å². The fourth-order valence-electron chi connectivity index (χ4n) is 2.59. The van der Waals surface area contributed by atoms with Crippen LogP contribution in [0.4, 0.5) is 0 Å². The summed E-state index contributed by atoms with van der Waals surface area (Å²) in [6, 6.07) is 8.69. The van der Waals surface area contributed by atoms with Crippen molar-refractivity contribution >= 4 is 0 Å². The fraction of sp³-hybridized carbons (Fsp3) is 0.357. The molecule has 0 bridgehead atoms. The third kappa shape index (κ3) is 1.58. The van der Waals surface area contributed by atoms with Gasteiger partial charge in [0.15, 0.2) is 0 Å². The smallest absolute Gasteiger partial charge is 0.0926 e. The molecule has 88 valence electrons. The van der Waals surface area contributed by atoms with Crippen molar-refractivity contribution in [2.24, 2.45) is 0 Å². The molecule has 3 rings (SSSR count). The van der Waals surface area contributed by atoms with Gasteiger partial charge >= 0.3 is 0 Å². The summed E-state index contributed by atoms with van der Waals surface area (Å²) in [7, 11) is 0. The standard InChI is InChI=1S/C14H17N3/c1-10-3-5-11(6-4-10)14(2)13-12(7-8-17-14)15-9-16-13/h3-6,9,17H,7-8H2,1-2H3,(H,15,16). The molecule has 0 fully saturated rings. The van der Waals surface area contributed by atoms with Crippen LogP contribution in [0.1, 0.15) is 29.4 Å². The Kier molecular flexibility index (Phi) is 2.30. The Morgan fingerprint density at radius 2 is 2.00 bits per heavy atom. The van der Waals surface area contributed by atoms with Gasteiger partial charge in [0.2, 0.25) is 0 Å². The van der Waals surface area contributed by atoms with E-state index in [0.717, 1.165) is 18.7 Å². The maximum Gasteiger partial charge on any atom is 0.0926 e. The van der Waals surface area contributed by atoms with Crippen molar-refractivity contribution in [1.82, 2.24) is 15.3 Å². The second-order valence-corrected chi connectivity index (χ2v) is 4.90. The molecular weight excluding hydrogens is 210 g/mol. The zero-order chi connectivity index (χ0) is 11.9. The largest absolute Gasteiger partial charge is 0.348 e. The molecule has 0 saturated heterocycles. The van der Waals surface area contributed by atoms with E-state index in [1.165, 1.54) is 16.8 Å². The van der Waals surface area contributed by atoms with E-state index in [9.17, 15) is 0 Å². The van der Waals surface area contributed by atoms with E-state index in [0.29, 0.717) is 0 Å². The molecule has 1 aromatic heterocycles. The van der Waals surface area contributed by atoms with Crippen molar-refractivity contribution in [3.05, 3.63) is 53.1 Å². The van der Waals surface area contributed by atoms with Gasteiger partial charge in [-0.05, 0) is 19.4 Å². The molecule has 2 heterocycles. The summed E-state index contributed by atoms with van der Waals surface area (Å²) >= 11 is 0. The molecule has 0 aliphatic carbocycles. The molecule has 0 radical (unpaired) electrons. The van der Waals surface area contributed by atoms with Crippen LogP contribution in [-0.4, -0.2) is 16.5 Å². The molecule has 1 unspecified atom stereocenters. The van der Waals surface area contributed by atoms with E-state index in [1.807, 2.05) is 0 Å². The Bertz CT molecular complexity index is 527. The van der Waals surface area contributed by atoms with Crippen LogP contribution < -0.4 is 5.32 Å². The minimum Gasteiger partial charge on any atom is -0.348 e. The Morgan fingerprint density at radius 1 is 1.24 bits per heavy atom. The number of hydrogen-bond acceptors (Lipinski definition) is 2. The van der Waals surface area contributed by atoms with Crippen molar-refractivity contribution < 1.29 is 0 Å². The molecule has 1 aromatic carbocycles. The van der Waals surface area contributed by atoms with E-state index in [1.54, 1.807) is 6.33 Å². The Balaban J connectivity index is 2.11. The number of rotatable bonds is 1. The lowest BCUT2D eigenvalue weighted by Gasteiger charge is -2.34. The number of hydrogen-bond donors (Lipinski definition) is 2. The molecule has 0 saturated carbocycles. The van der Waals surface area contributed by atoms with Gasteiger partial charge < -0.3 is 10.3 Å². The van der Waals surface area contributed by atoms with Gasteiger partial charge in [0.05, 0.1) is 17.6 Å². The zero-order valence-electron chi connectivity index (χ0n) is 10.2. The molecule has 3 nitrogen and oxygen atoms in total. The number of nitrogens with zero attached hydrogens (tertiary/aromatic N) is 1. The fourth-order valence-corrected chi connectivity index (χ4v) is 2.59. The van der Waals surface area contributed by atoms with Gasteiger partial charge in [-0.1, -0.05) is 29.8 Å². The van der Waals surface area contributed by atoms with Gasteiger partial charge in [-0.15, -0.1) is 0 Å². The third-order valence-electron chi connectivity index (χ3n) is 3.67. The lowest BCUT2D eigenvalue weighted by atomic mass is 9.84. The summed E-state index contributed by atoms with van der Waals surface area (Å²) in [5, 5.41) is 3.59. The first-order valence-corrected chi connectivity index (χ1v) is 6.05. The van der Waals surface area contributed by atoms with Gasteiger partial charge in [-0.3, -0.25) is 0 Å². The maximum absolute atomic E-state index is 4.49. The summed E-state index contributed by atoms with van der Waals surface area (Å²) < 4.78 is 0. The minimum atomic E-state index is -0.165. The monoisotopic (exact) mass is 227 g/mol. The molecule has 1 atom stereocenters. The topological polar surface area (TPSA) is 40.7 Å². The van der Waals surface area contributed by atoms with Crippen LogP contribution in [0, 0.1) is 6.92 Å². The van der Waals surface area contributed by atoms with E-state index < -0.39 is 0 Å². The van der Waals surface area contributed by atoms with Crippen molar-refractivity contribution in [3.8, 4) is 0 Å². The molecule has 2 aromatic rings. The van der Waals surface area contributed by atoms with Crippen LogP contribution in [-0.2, 0) is 12.0 Å². The number of aromatic amines is 1. The molecule has 0 spiro atoms. The number of nitrogens with one attached hydrogen (secondary N) is 2. The van der Waals surface area contributed by atoms with Gasteiger partial charge in [0, 0.05) is 18.7 Å². The van der Waals surface area contributed by atoms with Crippen LogP contribution in [0.15, 0.2) is 30.6 Å². The maximum atomic E-state index is 4.49. The van der Waals surface area contributed by atoms with Gasteiger partial charge in [-0.25, -0.2) is 4.98 Å². The van der Waals surface area contributed by atoms with Crippen LogP contribution in [0.3, 0.4) is 0 Å². The summed E-state index contributed by atoms with van der Waals surface area (Å²) in [5.74, 6) is 0. The van der Waals surface area contributed by atoms with Crippen molar-refractivity contribution in [2.45, 2.75) is 25.8 Å². The van der Waals surface area contributed by atoms with E-state index in [2.05, 4.69) is 53.4 Å². The van der Waals surface area contributed by atoms with Crippen LogP contribution in [0.25, 0.3) is 0 Å². The van der Waals surface area contributed by atoms with E-state index in [-0.39, 0.29) is 5.54 Å². The Morgan fingerprint density at radius 3 is 2.76 bits per heavy atom. The van der Waals surface area contributed by atoms with Crippen molar-refractivity contribution in [1.29, 1.82) is 0 Å². The second kappa shape index (κ2) is 3.70. The van der Waals surface area contributed by atoms with Crippen LogP contribution in [0.5, 0.6) is 0 Å². The number of benzene rings is 1. The number of imidazole rings is 1. The quantitative estimate of drug-likeness (QED) is 0.783. The Hall–Kier alpha value is -1.61. The second-order valence-electron chi connectivity index (χ2n) is 4.90. The van der Waals surface area contributed by atoms with E-state index >= 15 is 0 Å². The number of aryl methyl sites for hydroxylation is 1. The SMILES string of the molecule is Cc1ccc(C2(C)NCCc3[nH]cnc32)cc1. The van der Waals surface area contributed by atoms with Crippen molar-refractivity contribution in [3.63, 3.8) is 0 Å². The molecular formula is C14H17N3. The first kappa shape index (κ1) is 10.5. The van der Waals surface area contributed by atoms with E-state index in [4.69, 9.17) is 0 Å². The summed E-state index contributed by atoms with van der Waals surface area (Å²) in [4.78, 5) is 7.73. The highest BCUT2D eigenvalue weighted by atomic mass is 15.1. The molecule has 2 N–H and O–H groups in total. The van der Waals surface area contributed by atoms with Crippen molar-refractivity contribution in [2.75, 3.05) is 6.54 Å². The van der Waals surface area contributed by atoms with Gasteiger partial charge in [0.1, 0.15) is 0 Å². The highest BCUT2D eigenvalue weighted by Gasteiger charge is 2.35. The third-order valence-corrected chi connectivity index (χ3v) is 3.67. The number of aromatic nitrogens is 2. The highest BCUT2D eigenvalue weighted by molar-refractivity contribution is 5.39. The molecule has 1 aliphatic heterocycles. The van der Waals surface area contributed by atoms with Gasteiger partial charge in [0.25, 0.3) is 0 Å².